The predicted molar refractivity (Wildman–Crippen MR) is 58.5 cm³/mol. The van der Waals surface area contributed by atoms with E-state index >= 15 is 0 Å². The highest BCUT2D eigenvalue weighted by Gasteiger charge is 2.48. The Kier molecular flexibility index (Phi) is 5.95. The van der Waals surface area contributed by atoms with Crippen molar-refractivity contribution in [3.05, 3.63) is 0 Å². The Balaban J connectivity index is 0.000000557. The van der Waals surface area contributed by atoms with Gasteiger partial charge in [-0.15, -0.1) is 0 Å². The van der Waals surface area contributed by atoms with Crippen molar-refractivity contribution in [2.24, 2.45) is 0 Å². The fourth-order valence-corrected chi connectivity index (χ4v) is 1.64. The molecule has 0 aromatic heterocycles. The molecule has 1 aliphatic heterocycles. The maximum absolute atomic E-state index is 12.1. The van der Waals surface area contributed by atoms with Gasteiger partial charge in [0.05, 0.1) is 0 Å². The van der Waals surface area contributed by atoms with Crippen molar-refractivity contribution in [3.8, 4) is 0 Å². The fourth-order valence-electron chi connectivity index (χ4n) is 1.64. The van der Waals surface area contributed by atoms with Crippen LogP contribution in [0.15, 0.2) is 0 Å². The molecule has 0 aromatic carbocycles. The van der Waals surface area contributed by atoms with Crippen molar-refractivity contribution in [2.75, 3.05) is 13.2 Å². The molecule has 1 rings (SSSR count). The van der Waals surface area contributed by atoms with Crippen LogP contribution < -0.4 is 0 Å². The maximum atomic E-state index is 12.1. The molecule has 102 valence electrons. The number of hydrogen-bond donors (Lipinski definition) is 1. The van der Waals surface area contributed by atoms with E-state index in [1.54, 1.807) is 13.8 Å². The van der Waals surface area contributed by atoms with E-state index in [0.29, 0.717) is 19.4 Å². The number of aliphatic hydroxyl groups is 1. The van der Waals surface area contributed by atoms with Crippen molar-refractivity contribution in [3.63, 3.8) is 0 Å². The first-order chi connectivity index (χ1) is 7.66. The molecular weight excluding hydrogens is 235 g/mol. The van der Waals surface area contributed by atoms with Crippen LogP contribution in [0.4, 0.5) is 13.2 Å². The van der Waals surface area contributed by atoms with Crippen LogP contribution in [0, 0.1) is 0 Å². The van der Waals surface area contributed by atoms with Crippen molar-refractivity contribution in [2.45, 2.75) is 51.7 Å². The van der Waals surface area contributed by atoms with Crippen molar-refractivity contribution in [1.82, 2.24) is 4.90 Å². The molecule has 1 aliphatic rings. The molecule has 0 radical (unpaired) electrons. The number of hydrogen-bond acceptors (Lipinski definition) is 2. The number of amides is 1. The van der Waals surface area contributed by atoms with Crippen LogP contribution in [0.3, 0.4) is 0 Å². The number of aliphatic hydroxyl groups excluding tert-OH is 1. The smallest absolute Gasteiger partial charge is 0.396 e. The Labute approximate surface area is 99.6 Å². The number of likely N-dealkylation sites (tertiary alicyclic amines) is 1. The molecule has 0 aromatic rings. The summed E-state index contributed by atoms with van der Waals surface area (Å²) in [5.74, 6) is -1.71. The van der Waals surface area contributed by atoms with Crippen LogP contribution >= 0.6 is 0 Å². The summed E-state index contributed by atoms with van der Waals surface area (Å²) in [7, 11) is 0. The summed E-state index contributed by atoms with van der Waals surface area (Å²) in [5.41, 5.74) is -0.646. The quantitative estimate of drug-likeness (QED) is 0.781. The zero-order valence-electron chi connectivity index (χ0n) is 10.5. The third-order valence-corrected chi connectivity index (χ3v) is 2.61. The van der Waals surface area contributed by atoms with Gasteiger partial charge in [0.25, 0.3) is 0 Å². The summed E-state index contributed by atoms with van der Waals surface area (Å²) in [4.78, 5) is 11.8. The normalized spacial score (nSPS) is 18.6. The van der Waals surface area contributed by atoms with Gasteiger partial charge in [0, 0.05) is 18.7 Å². The molecule has 1 N–H and O–H groups in total. The third-order valence-electron chi connectivity index (χ3n) is 2.61. The number of rotatable bonds is 1. The van der Waals surface area contributed by atoms with Crippen molar-refractivity contribution in [1.29, 1.82) is 0 Å². The lowest BCUT2D eigenvalue weighted by atomic mass is 10.0. The highest BCUT2D eigenvalue weighted by atomic mass is 19.4. The van der Waals surface area contributed by atoms with E-state index in [0.717, 1.165) is 11.3 Å². The minimum Gasteiger partial charge on any atom is -0.396 e. The Morgan fingerprint density at radius 1 is 1.41 bits per heavy atom. The second kappa shape index (κ2) is 6.23. The highest BCUT2D eigenvalue weighted by Crippen LogP contribution is 2.32. The monoisotopic (exact) mass is 255 g/mol. The Morgan fingerprint density at radius 2 is 1.88 bits per heavy atom. The minimum atomic E-state index is -4.73. The first-order valence-corrected chi connectivity index (χ1v) is 5.66. The first-order valence-electron chi connectivity index (χ1n) is 5.66. The Morgan fingerprint density at radius 3 is 2.12 bits per heavy atom. The number of carbonyl (C=O) groups is 1. The van der Waals surface area contributed by atoms with Gasteiger partial charge in [-0.3, -0.25) is 4.79 Å². The van der Waals surface area contributed by atoms with E-state index in [9.17, 15) is 18.0 Å². The summed E-state index contributed by atoms with van der Waals surface area (Å²) in [6.07, 6.45) is -2.58. The molecule has 1 saturated heterocycles. The average Bonchev–Trinajstić information content (AvgIpc) is 2.56. The van der Waals surface area contributed by atoms with Crippen LogP contribution in [0.5, 0.6) is 0 Å². The van der Waals surface area contributed by atoms with E-state index in [2.05, 4.69) is 0 Å². The third kappa shape index (κ3) is 4.93. The SMILES string of the molecule is CC1(C)CCCN1C(=O)C(F)(F)F.CCCO. The van der Waals surface area contributed by atoms with Gasteiger partial charge in [0.2, 0.25) is 0 Å². The van der Waals surface area contributed by atoms with Gasteiger partial charge in [-0.05, 0) is 33.1 Å². The second-order valence-corrected chi connectivity index (χ2v) is 4.59. The van der Waals surface area contributed by atoms with Gasteiger partial charge in [-0.1, -0.05) is 6.92 Å². The zero-order valence-corrected chi connectivity index (χ0v) is 10.5. The van der Waals surface area contributed by atoms with Crippen LogP contribution in [0.25, 0.3) is 0 Å². The van der Waals surface area contributed by atoms with Crippen LogP contribution in [-0.4, -0.2) is 40.8 Å². The topological polar surface area (TPSA) is 40.5 Å². The summed E-state index contributed by atoms with van der Waals surface area (Å²) < 4.78 is 36.2. The molecular formula is C11H20F3NO2. The van der Waals surface area contributed by atoms with E-state index in [4.69, 9.17) is 5.11 Å². The number of alkyl halides is 3. The molecule has 3 nitrogen and oxygen atoms in total. The molecule has 6 heteroatoms. The molecule has 0 saturated carbocycles. The lowest BCUT2D eigenvalue weighted by Gasteiger charge is -2.31. The summed E-state index contributed by atoms with van der Waals surface area (Å²) in [6, 6.07) is 0. The van der Waals surface area contributed by atoms with Crippen LogP contribution in [-0.2, 0) is 4.79 Å². The molecule has 17 heavy (non-hydrogen) atoms. The molecule has 0 unspecified atom stereocenters. The standard InChI is InChI=1S/C8H12F3NO.C3H8O/c1-7(2)4-3-5-12(7)6(13)8(9,10)11;1-2-3-4/h3-5H2,1-2H3;4H,2-3H2,1H3. The van der Waals surface area contributed by atoms with E-state index < -0.39 is 17.6 Å². The van der Waals surface area contributed by atoms with Gasteiger partial charge < -0.3 is 10.0 Å². The minimum absolute atomic E-state index is 0.214. The lowest BCUT2D eigenvalue weighted by molar-refractivity contribution is -0.188. The molecule has 0 aliphatic carbocycles. The molecule has 1 heterocycles. The molecule has 0 spiro atoms. The molecule has 0 atom stereocenters. The van der Waals surface area contributed by atoms with E-state index in [-0.39, 0.29) is 6.54 Å². The van der Waals surface area contributed by atoms with Gasteiger partial charge in [0.1, 0.15) is 0 Å². The average molecular weight is 255 g/mol. The Hall–Kier alpha value is -0.780. The van der Waals surface area contributed by atoms with Crippen LogP contribution in [0.1, 0.15) is 40.0 Å². The second-order valence-electron chi connectivity index (χ2n) is 4.59. The number of nitrogens with zero attached hydrogens (tertiary/aromatic N) is 1. The van der Waals surface area contributed by atoms with Gasteiger partial charge in [-0.2, -0.15) is 13.2 Å². The lowest BCUT2D eigenvalue weighted by Crippen LogP contribution is -2.48. The molecule has 1 amide bonds. The van der Waals surface area contributed by atoms with Gasteiger partial charge in [0.15, 0.2) is 0 Å². The summed E-state index contributed by atoms with van der Waals surface area (Å²) in [5, 5.41) is 7.88. The first kappa shape index (κ1) is 16.2. The number of carbonyl (C=O) groups excluding carboxylic acids is 1. The van der Waals surface area contributed by atoms with E-state index in [1.807, 2.05) is 6.92 Å². The maximum Gasteiger partial charge on any atom is 0.471 e. The van der Waals surface area contributed by atoms with Crippen LogP contribution in [0.2, 0.25) is 0 Å². The van der Waals surface area contributed by atoms with Gasteiger partial charge in [-0.25, -0.2) is 0 Å². The Bertz CT molecular complexity index is 250. The molecule has 1 fully saturated rings. The highest BCUT2D eigenvalue weighted by molar-refractivity contribution is 5.82. The van der Waals surface area contributed by atoms with Crippen molar-refractivity contribution >= 4 is 5.91 Å². The summed E-state index contributed by atoms with van der Waals surface area (Å²) in [6.45, 7) is 5.78. The predicted octanol–water partition coefficient (Wildman–Crippen LogP) is 2.34. The largest absolute Gasteiger partial charge is 0.471 e. The van der Waals surface area contributed by atoms with E-state index in [1.165, 1.54) is 0 Å². The molecule has 0 bridgehead atoms. The number of halogens is 3. The van der Waals surface area contributed by atoms with Crippen molar-refractivity contribution < 1.29 is 23.1 Å². The van der Waals surface area contributed by atoms with Gasteiger partial charge >= 0.3 is 12.1 Å². The zero-order chi connectivity index (χ0) is 13.7. The fraction of sp³-hybridized carbons (Fsp3) is 0.909. The summed E-state index contributed by atoms with van der Waals surface area (Å²) >= 11 is 0.